The average Bonchev–Trinajstić information content (AvgIpc) is 2.76. The van der Waals surface area contributed by atoms with Crippen molar-refractivity contribution in [2.45, 2.75) is 38.1 Å². The zero-order chi connectivity index (χ0) is 12.3. The first-order chi connectivity index (χ1) is 8.15. The molecule has 0 unspecified atom stereocenters. The van der Waals surface area contributed by atoms with E-state index >= 15 is 0 Å². The Bertz CT molecular complexity index is 414. The zero-order valence-corrected chi connectivity index (χ0v) is 9.58. The normalized spacial score (nSPS) is 16.1. The number of hydrogen-bond acceptors (Lipinski definition) is 2. The van der Waals surface area contributed by atoms with E-state index in [-0.39, 0.29) is 18.4 Å². The quantitative estimate of drug-likeness (QED) is 0.846. The number of carbonyl (C=O) groups is 1. The summed E-state index contributed by atoms with van der Waals surface area (Å²) < 4.78 is 12.8. The highest BCUT2D eigenvalue weighted by Crippen LogP contribution is 2.19. The fourth-order valence-corrected chi connectivity index (χ4v) is 2.20. The minimum absolute atomic E-state index is 0.0668. The van der Waals surface area contributed by atoms with Gasteiger partial charge in [-0.05, 0) is 30.5 Å². The molecule has 0 aliphatic heterocycles. The second-order valence-electron chi connectivity index (χ2n) is 4.51. The molecule has 1 aliphatic rings. The summed E-state index contributed by atoms with van der Waals surface area (Å²) in [5.41, 5.74) is 0.624. The van der Waals surface area contributed by atoms with Crippen LogP contribution in [0.15, 0.2) is 18.2 Å². The van der Waals surface area contributed by atoms with Crippen LogP contribution in [0.1, 0.15) is 31.2 Å². The predicted octanol–water partition coefficient (Wildman–Crippen LogP) is 2.13. The third-order valence-electron chi connectivity index (χ3n) is 3.10. The Labute approximate surface area is 99.7 Å². The van der Waals surface area contributed by atoms with Gasteiger partial charge in [0.15, 0.2) is 11.6 Å². The summed E-state index contributed by atoms with van der Waals surface area (Å²) in [6, 6.07) is 4.27. The van der Waals surface area contributed by atoms with Crippen LogP contribution >= 0.6 is 0 Å². The highest BCUT2D eigenvalue weighted by Gasteiger charge is 2.17. The number of halogens is 1. The van der Waals surface area contributed by atoms with Gasteiger partial charge in [0.25, 0.3) is 0 Å². The highest BCUT2D eigenvalue weighted by molar-refractivity contribution is 5.79. The number of amides is 1. The van der Waals surface area contributed by atoms with Crippen molar-refractivity contribution in [3.05, 3.63) is 29.6 Å². The van der Waals surface area contributed by atoms with Gasteiger partial charge in [0, 0.05) is 6.04 Å². The molecule has 0 saturated heterocycles. The van der Waals surface area contributed by atoms with Gasteiger partial charge in [0.2, 0.25) is 5.91 Å². The van der Waals surface area contributed by atoms with Gasteiger partial charge in [-0.2, -0.15) is 0 Å². The molecule has 1 aliphatic carbocycles. The van der Waals surface area contributed by atoms with Crippen LogP contribution in [0.5, 0.6) is 5.75 Å². The molecule has 1 amide bonds. The molecule has 0 atom stereocenters. The molecule has 1 fully saturated rings. The van der Waals surface area contributed by atoms with Gasteiger partial charge in [-0.15, -0.1) is 0 Å². The minimum Gasteiger partial charge on any atom is -0.505 e. The van der Waals surface area contributed by atoms with E-state index in [2.05, 4.69) is 5.32 Å². The number of aromatic hydroxyl groups is 1. The van der Waals surface area contributed by atoms with Gasteiger partial charge in [0.1, 0.15) is 0 Å². The van der Waals surface area contributed by atoms with Crippen molar-refractivity contribution >= 4 is 5.91 Å². The molecule has 17 heavy (non-hydrogen) atoms. The summed E-state index contributed by atoms with van der Waals surface area (Å²) in [7, 11) is 0. The van der Waals surface area contributed by atoms with Crippen LogP contribution in [-0.2, 0) is 11.2 Å². The molecule has 1 aromatic rings. The number of carbonyl (C=O) groups excluding carboxylic acids is 1. The molecule has 3 nitrogen and oxygen atoms in total. The van der Waals surface area contributed by atoms with Gasteiger partial charge >= 0.3 is 0 Å². The second kappa shape index (κ2) is 5.17. The molecular weight excluding hydrogens is 221 g/mol. The number of benzene rings is 1. The van der Waals surface area contributed by atoms with Crippen LogP contribution in [0.4, 0.5) is 4.39 Å². The maximum Gasteiger partial charge on any atom is 0.224 e. The highest BCUT2D eigenvalue weighted by atomic mass is 19.1. The largest absolute Gasteiger partial charge is 0.505 e. The number of phenolic OH excluding ortho intramolecular Hbond substituents is 1. The van der Waals surface area contributed by atoms with Crippen molar-refractivity contribution < 1.29 is 14.3 Å². The van der Waals surface area contributed by atoms with Crippen molar-refractivity contribution in [1.82, 2.24) is 5.32 Å². The maximum absolute atomic E-state index is 12.8. The molecule has 0 bridgehead atoms. The van der Waals surface area contributed by atoms with E-state index in [1.807, 2.05) is 0 Å². The minimum atomic E-state index is -0.662. The Balaban J connectivity index is 1.90. The smallest absolute Gasteiger partial charge is 0.224 e. The van der Waals surface area contributed by atoms with E-state index < -0.39 is 11.6 Å². The van der Waals surface area contributed by atoms with Crippen molar-refractivity contribution in [1.29, 1.82) is 0 Å². The third-order valence-corrected chi connectivity index (χ3v) is 3.10. The fourth-order valence-electron chi connectivity index (χ4n) is 2.20. The van der Waals surface area contributed by atoms with Crippen molar-refractivity contribution in [3.63, 3.8) is 0 Å². The van der Waals surface area contributed by atoms with Crippen LogP contribution in [-0.4, -0.2) is 17.1 Å². The van der Waals surface area contributed by atoms with E-state index in [0.29, 0.717) is 5.56 Å². The lowest BCUT2D eigenvalue weighted by Gasteiger charge is -2.11. The summed E-state index contributed by atoms with van der Waals surface area (Å²) in [5.74, 6) is -1.14. The van der Waals surface area contributed by atoms with Crippen LogP contribution in [0, 0.1) is 5.82 Å². The van der Waals surface area contributed by atoms with Crippen LogP contribution < -0.4 is 5.32 Å². The summed E-state index contributed by atoms with van der Waals surface area (Å²) in [4.78, 5) is 11.7. The first-order valence-electron chi connectivity index (χ1n) is 5.92. The monoisotopic (exact) mass is 237 g/mol. The average molecular weight is 237 g/mol. The fraction of sp³-hybridized carbons (Fsp3) is 0.462. The van der Waals surface area contributed by atoms with Gasteiger partial charge in [-0.25, -0.2) is 4.39 Å². The molecule has 1 aromatic carbocycles. The summed E-state index contributed by atoms with van der Waals surface area (Å²) >= 11 is 0. The molecule has 0 heterocycles. The van der Waals surface area contributed by atoms with E-state index in [1.54, 1.807) is 0 Å². The zero-order valence-electron chi connectivity index (χ0n) is 9.58. The predicted molar refractivity (Wildman–Crippen MR) is 62.2 cm³/mol. The summed E-state index contributed by atoms with van der Waals surface area (Å²) in [5, 5.41) is 12.1. The standard InChI is InChI=1S/C13H16FNO2/c14-11-6-5-9(7-12(11)16)8-13(17)15-10-3-1-2-4-10/h5-7,10,16H,1-4,8H2,(H,15,17). The van der Waals surface area contributed by atoms with Crippen LogP contribution in [0.25, 0.3) is 0 Å². The summed E-state index contributed by atoms with van der Waals surface area (Å²) in [6.07, 6.45) is 4.61. The molecule has 0 spiro atoms. The molecule has 4 heteroatoms. The van der Waals surface area contributed by atoms with Crippen molar-refractivity contribution in [3.8, 4) is 5.75 Å². The van der Waals surface area contributed by atoms with Gasteiger partial charge in [0.05, 0.1) is 6.42 Å². The lowest BCUT2D eigenvalue weighted by atomic mass is 10.1. The summed E-state index contributed by atoms with van der Waals surface area (Å²) in [6.45, 7) is 0. The Kier molecular flexibility index (Phi) is 3.61. The Hall–Kier alpha value is -1.58. The third kappa shape index (κ3) is 3.19. The maximum atomic E-state index is 12.8. The van der Waals surface area contributed by atoms with Crippen molar-refractivity contribution in [2.24, 2.45) is 0 Å². The Morgan fingerprint density at radius 3 is 2.76 bits per heavy atom. The lowest BCUT2D eigenvalue weighted by molar-refractivity contribution is -0.121. The molecule has 2 N–H and O–H groups in total. The number of nitrogens with one attached hydrogen (secondary N) is 1. The topological polar surface area (TPSA) is 49.3 Å². The van der Waals surface area contributed by atoms with E-state index in [4.69, 9.17) is 0 Å². The SMILES string of the molecule is O=C(Cc1ccc(F)c(O)c1)NC1CCCC1. The molecule has 92 valence electrons. The molecule has 0 aromatic heterocycles. The van der Waals surface area contributed by atoms with Crippen LogP contribution in [0.2, 0.25) is 0 Å². The van der Waals surface area contributed by atoms with Crippen LogP contribution in [0.3, 0.4) is 0 Å². The molecule has 1 saturated carbocycles. The van der Waals surface area contributed by atoms with Crippen molar-refractivity contribution in [2.75, 3.05) is 0 Å². The molecule has 2 rings (SSSR count). The number of rotatable bonds is 3. The van der Waals surface area contributed by atoms with E-state index in [9.17, 15) is 14.3 Å². The van der Waals surface area contributed by atoms with Gasteiger partial charge < -0.3 is 10.4 Å². The molecule has 0 radical (unpaired) electrons. The first-order valence-corrected chi connectivity index (χ1v) is 5.92. The van der Waals surface area contributed by atoms with E-state index in [0.717, 1.165) is 12.8 Å². The Morgan fingerprint density at radius 2 is 2.12 bits per heavy atom. The number of phenols is 1. The Morgan fingerprint density at radius 1 is 1.41 bits per heavy atom. The lowest BCUT2D eigenvalue weighted by Crippen LogP contribution is -2.33. The van der Waals surface area contributed by atoms with Gasteiger partial charge in [-0.1, -0.05) is 18.9 Å². The first kappa shape index (κ1) is 11.9. The van der Waals surface area contributed by atoms with Gasteiger partial charge in [-0.3, -0.25) is 4.79 Å². The second-order valence-corrected chi connectivity index (χ2v) is 4.51. The number of hydrogen-bond donors (Lipinski definition) is 2. The van der Waals surface area contributed by atoms with E-state index in [1.165, 1.54) is 31.0 Å². The molecular formula is C13H16FNO2.